The van der Waals surface area contributed by atoms with Gasteiger partial charge in [0, 0.05) is 16.8 Å². The highest BCUT2D eigenvalue weighted by atomic mass is 35.5. The number of benzene rings is 2. The SMILES string of the molecule is CC(Nc1cc(N)ccc1C(=O)O)c1ccc(Cl)cc1. The first-order valence-corrected chi connectivity index (χ1v) is 6.50. The maximum atomic E-state index is 11.2. The Morgan fingerprint density at radius 3 is 2.50 bits per heavy atom. The number of carboxylic acid groups (broad SMARTS) is 1. The molecule has 20 heavy (non-hydrogen) atoms. The van der Waals surface area contributed by atoms with Gasteiger partial charge in [0.15, 0.2) is 0 Å². The summed E-state index contributed by atoms with van der Waals surface area (Å²) in [5.41, 5.74) is 7.93. The zero-order chi connectivity index (χ0) is 14.7. The molecule has 1 unspecified atom stereocenters. The maximum Gasteiger partial charge on any atom is 0.337 e. The van der Waals surface area contributed by atoms with E-state index in [1.165, 1.54) is 6.07 Å². The predicted molar refractivity (Wildman–Crippen MR) is 81.3 cm³/mol. The Bertz CT molecular complexity index is 626. The van der Waals surface area contributed by atoms with E-state index in [0.717, 1.165) is 5.56 Å². The average molecular weight is 291 g/mol. The highest BCUT2D eigenvalue weighted by Gasteiger charge is 2.13. The van der Waals surface area contributed by atoms with Gasteiger partial charge in [-0.2, -0.15) is 0 Å². The molecular formula is C15H15ClN2O2. The highest BCUT2D eigenvalue weighted by molar-refractivity contribution is 6.30. The van der Waals surface area contributed by atoms with Crippen molar-refractivity contribution in [2.75, 3.05) is 11.1 Å². The van der Waals surface area contributed by atoms with E-state index in [9.17, 15) is 9.90 Å². The number of rotatable bonds is 4. The molecule has 0 spiro atoms. The minimum absolute atomic E-state index is 0.0628. The number of hydrogen-bond donors (Lipinski definition) is 3. The van der Waals surface area contributed by atoms with Crippen LogP contribution in [-0.4, -0.2) is 11.1 Å². The fourth-order valence-electron chi connectivity index (χ4n) is 1.94. The molecule has 0 aromatic heterocycles. The lowest BCUT2D eigenvalue weighted by atomic mass is 10.1. The summed E-state index contributed by atoms with van der Waals surface area (Å²) in [7, 11) is 0. The summed E-state index contributed by atoms with van der Waals surface area (Å²) < 4.78 is 0. The van der Waals surface area contributed by atoms with Gasteiger partial charge in [0.05, 0.1) is 11.3 Å². The summed E-state index contributed by atoms with van der Waals surface area (Å²) in [6.45, 7) is 1.94. The Hall–Kier alpha value is -2.20. The van der Waals surface area contributed by atoms with E-state index in [0.29, 0.717) is 16.4 Å². The Morgan fingerprint density at radius 1 is 1.25 bits per heavy atom. The third kappa shape index (κ3) is 3.22. The van der Waals surface area contributed by atoms with Crippen LogP contribution in [0, 0.1) is 0 Å². The van der Waals surface area contributed by atoms with Crippen LogP contribution >= 0.6 is 11.6 Å². The molecule has 104 valence electrons. The Balaban J connectivity index is 2.27. The molecule has 0 aliphatic carbocycles. The topological polar surface area (TPSA) is 75.3 Å². The first kappa shape index (κ1) is 14.2. The van der Waals surface area contributed by atoms with Crippen molar-refractivity contribution in [2.24, 2.45) is 0 Å². The molecule has 1 atom stereocenters. The standard InChI is InChI=1S/C15H15ClN2O2/c1-9(10-2-4-11(16)5-3-10)18-14-8-12(17)6-7-13(14)15(19)20/h2-9,18H,17H2,1H3,(H,19,20). The van der Waals surface area contributed by atoms with Gasteiger partial charge in [-0.1, -0.05) is 23.7 Å². The molecule has 2 aromatic rings. The second kappa shape index (κ2) is 5.84. The lowest BCUT2D eigenvalue weighted by Gasteiger charge is -2.18. The van der Waals surface area contributed by atoms with E-state index >= 15 is 0 Å². The van der Waals surface area contributed by atoms with Crippen LogP contribution in [0.4, 0.5) is 11.4 Å². The van der Waals surface area contributed by atoms with Crippen LogP contribution in [0.15, 0.2) is 42.5 Å². The van der Waals surface area contributed by atoms with E-state index < -0.39 is 5.97 Å². The van der Waals surface area contributed by atoms with Gasteiger partial charge in [0.25, 0.3) is 0 Å². The number of nitrogens with two attached hydrogens (primary N) is 1. The number of aromatic carboxylic acids is 1. The summed E-state index contributed by atoms with van der Waals surface area (Å²) in [5.74, 6) is -0.990. The molecule has 0 amide bonds. The number of anilines is 2. The molecule has 4 N–H and O–H groups in total. The molecule has 0 fully saturated rings. The Kier molecular flexibility index (Phi) is 4.15. The molecule has 0 aliphatic rings. The van der Waals surface area contributed by atoms with Gasteiger partial charge >= 0.3 is 5.97 Å². The average Bonchev–Trinajstić information content (AvgIpc) is 2.39. The lowest BCUT2D eigenvalue weighted by Crippen LogP contribution is -2.11. The predicted octanol–water partition coefficient (Wildman–Crippen LogP) is 3.79. The van der Waals surface area contributed by atoms with Crippen LogP contribution in [0.25, 0.3) is 0 Å². The van der Waals surface area contributed by atoms with Crippen LogP contribution in [0.3, 0.4) is 0 Å². The summed E-state index contributed by atoms with van der Waals surface area (Å²) in [5, 5.41) is 13.0. The van der Waals surface area contributed by atoms with E-state index in [4.69, 9.17) is 17.3 Å². The van der Waals surface area contributed by atoms with E-state index in [1.54, 1.807) is 24.3 Å². The summed E-state index contributed by atoms with van der Waals surface area (Å²) in [6, 6.07) is 12.0. The third-order valence-electron chi connectivity index (χ3n) is 3.02. The smallest absolute Gasteiger partial charge is 0.337 e. The van der Waals surface area contributed by atoms with E-state index in [-0.39, 0.29) is 11.6 Å². The number of carbonyl (C=O) groups is 1. The van der Waals surface area contributed by atoms with Crippen molar-refractivity contribution < 1.29 is 9.90 Å². The molecule has 0 heterocycles. The fraction of sp³-hybridized carbons (Fsp3) is 0.133. The molecule has 0 saturated carbocycles. The Labute approximate surface area is 122 Å². The van der Waals surface area contributed by atoms with Gasteiger partial charge in [0.1, 0.15) is 0 Å². The van der Waals surface area contributed by atoms with Gasteiger partial charge in [-0.15, -0.1) is 0 Å². The van der Waals surface area contributed by atoms with Crippen molar-refractivity contribution in [1.29, 1.82) is 0 Å². The number of nitrogens with one attached hydrogen (secondary N) is 1. The number of nitrogen functional groups attached to an aromatic ring is 1. The van der Waals surface area contributed by atoms with Crippen molar-refractivity contribution in [3.8, 4) is 0 Å². The zero-order valence-electron chi connectivity index (χ0n) is 10.9. The molecule has 4 nitrogen and oxygen atoms in total. The van der Waals surface area contributed by atoms with Gasteiger partial charge < -0.3 is 16.2 Å². The van der Waals surface area contributed by atoms with Crippen molar-refractivity contribution in [1.82, 2.24) is 0 Å². The first-order valence-electron chi connectivity index (χ1n) is 6.12. The van der Waals surface area contributed by atoms with Gasteiger partial charge in [0.2, 0.25) is 0 Å². The van der Waals surface area contributed by atoms with Crippen LogP contribution in [-0.2, 0) is 0 Å². The molecule has 5 heteroatoms. The number of halogens is 1. The lowest BCUT2D eigenvalue weighted by molar-refractivity contribution is 0.0698. The molecule has 0 aliphatic heterocycles. The van der Waals surface area contributed by atoms with Crippen LogP contribution in [0.5, 0.6) is 0 Å². The maximum absolute atomic E-state index is 11.2. The van der Waals surface area contributed by atoms with Crippen molar-refractivity contribution in [3.63, 3.8) is 0 Å². The van der Waals surface area contributed by atoms with Crippen LogP contribution in [0.1, 0.15) is 28.9 Å². The number of carboxylic acids is 1. The van der Waals surface area contributed by atoms with E-state index in [1.807, 2.05) is 19.1 Å². The van der Waals surface area contributed by atoms with E-state index in [2.05, 4.69) is 5.32 Å². The minimum atomic E-state index is -0.990. The van der Waals surface area contributed by atoms with Gasteiger partial charge in [-0.25, -0.2) is 4.79 Å². The summed E-state index contributed by atoms with van der Waals surface area (Å²) in [4.78, 5) is 11.2. The van der Waals surface area contributed by atoms with Crippen molar-refractivity contribution in [3.05, 3.63) is 58.6 Å². The molecule has 2 rings (SSSR count). The zero-order valence-corrected chi connectivity index (χ0v) is 11.7. The van der Waals surface area contributed by atoms with Crippen molar-refractivity contribution in [2.45, 2.75) is 13.0 Å². The summed E-state index contributed by atoms with van der Waals surface area (Å²) in [6.07, 6.45) is 0. The quantitative estimate of drug-likeness (QED) is 0.749. The molecule has 0 saturated heterocycles. The van der Waals surface area contributed by atoms with Gasteiger partial charge in [-0.05, 0) is 42.8 Å². The molecule has 2 aromatic carbocycles. The summed E-state index contributed by atoms with van der Waals surface area (Å²) >= 11 is 5.85. The second-order valence-corrected chi connectivity index (χ2v) is 4.96. The fourth-order valence-corrected chi connectivity index (χ4v) is 2.06. The van der Waals surface area contributed by atoms with Crippen molar-refractivity contribution >= 4 is 28.9 Å². The Morgan fingerprint density at radius 2 is 1.90 bits per heavy atom. The largest absolute Gasteiger partial charge is 0.478 e. The normalized spacial score (nSPS) is 11.9. The minimum Gasteiger partial charge on any atom is -0.478 e. The highest BCUT2D eigenvalue weighted by Crippen LogP contribution is 2.25. The first-order chi connectivity index (χ1) is 9.47. The second-order valence-electron chi connectivity index (χ2n) is 4.53. The molecule has 0 bridgehead atoms. The third-order valence-corrected chi connectivity index (χ3v) is 3.27. The van der Waals surface area contributed by atoms with Crippen LogP contribution in [0.2, 0.25) is 5.02 Å². The number of hydrogen-bond acceptors (Lipinski definition) is 3. The van der Waals surface area contributed by atoms with Gasteiger partial charge in [-0.3, -0.25) is 0 Å². The monoisotopic (exact) mass is 290 g/mol. The molecular weight excluding hydrogens is 276 g/mol. The molecule has 0 radical (unpaired) electrons. The van der Waals surface area contributed by atoms with Crippen LogP contribution < -0.4 is 11.1 Å².